The molecule has 3 rings (SSSR count). The van der Waals surface area contributed by atoms with Crippen LogP contribution in [0.2, 0.25) is 0 Å². The van der Waals surface area contributed by atoms with Crippen LogP contribution in [0.4, 0.5) is 5.69 Å². The second kappa shape index (κ2) is 5.93. The molecule has 0 saturated heterocycles. The van der Waals surface area contributed by atoms with Crippen molar-refractivity contribution in [2.45, 2.75) is 12.8 Å². The van der Waals surface area contributed by atoms with Crippen molar-refractivity contribution in [1.29, 1.82) is 5.26 Å². The molecule has 5 heteroatoms. The van der Waals surface area contributed by atoms with E-state index in [0.29, 0.717) is 23.6 Å². The van der Waals surface area contributed by atoms with Gasteiger partial charge in [-0.3, -0.25) is 0 Å². The van der Waals surface area contributed by atoms with Gasteiger partial charge in [0.15, 0.2) is 0 Å². The van der Waals surface area contributed by atoms with Crippen LogP contribution in [0, 0.1) is 11.3 Å². The Morgan fingerprint density at radius 1 is 1.22 bits per heavy atom. The maximum atomic E-state index is 9.52. The topological polar surface area (TPSA) is 94.3 Å². The van der Waals surface area contributed by atoms with Crippen molar-refractivity contribution in [2.75, 3.05) is 12.3 Å². The number of rotatable bonds is 3. The fourth-order valence-corrected chi connectivity index (χ4v) is 2.77. The van der Waals surface area contributed by atoms with Gasteiger partial charge in [-0.15, -0.1) is 0 Å². The minimum absolute atomic E-state index is 0.109. The zero-order chi connectivity index (χ0) is 16.4. The van der Waals surface area contributed by atoms with Gasteiger partial charge in [0.25, 0.3) is 0 Å². The smallest absolute Gasteiger partial charge is 0.205 e. The summed E-state index contributed by atoms with van der Waals surface area (Å²) in [6.07, 6.45) is 0. The predicted octanol–water partition coefficient (Wildman–Crippen LogP) is 2.89. The number of anilines is 1. The van der Waals surface area contributed by atoms with Crippen molar-refractivity contribution in [2.24, 2.45) is 5.73 Å². The largest absolute Gasteiger partial charge is 0.494 e. The normalized spacial score (nSPS) is 16.3. The van der Waals surface area contributed by atoms with E-state index in [-0.39, 0.29) is 11.8 Å². The minimum atomic E-state index is -0.301. The standard InChI is InChI=1S/C18H17N3O2/c1-2-22-13-5-3-4-11(8-13)17-14-7-6-12(20)9-16(14)23-18(21)15(17)10-19/h3-9,17H,2,20-21H2,1H3. The van der Waals surface area contributed by atoms with Crippen LogP contribution in [-0.4, -0.2) is 6.61 Å². The lowest BCUT2D eigenvalue weighted by molar-refractivity contribution is 0.339. The second-order valence-corrected chi connectivity index (χ2v) is 5.23. The van der Waals surface area contributed by atoms with Gasteiger partial charge in [0.1, 0.15) is 23.1 Å². The lowest BCUT2D eigenvalue weighted by atomic mass is 9.83. The van der Waals surface area contributed by atoms with Gasteiger partial charge < -0.3 is 20.9 Å². The van der Waals surface area contributed by atoms with Crippen molar-refractivity contribution in [3.05, 3.63) is 65.0 Å². The zero-order valence-corrected chi connectivity index (χ0v) is 12.7. The molecule has 0 aromatic heterocycles. The van der Waals surface area contributed by atoms with E-state index in [1.807, 2.05) is 37.3 Å². The van der Waals surface area contributed by atoms with Crippen molar-refractivity contribution in [3.63, 3.8) is 0 Å². The molecule has 1 aliphatic heterocycles. The molecular formula is C18H17N3O2. The molecule has 1 heterocycles. The second-order valence-electron chi connectivity index (χ2n) is 5.23. The first kappa shape index (κ1) is 14.8. The number of nitrogens with two attached hydrogens (primary N) is 2. The van der Waals surface area contributed by atoms with E-state index in [0.717, 1.165) is 16.9 Å². The molecule has 2 aromatic carbocycles. The van der Waals surface area contributed by atoms with Gasteiger partial charge in [0, 0.05) is 17.3 Å². The molecule has 0 saturated carbocycles. The fourth-order valence-electron chi connectivity index (χ4n) is 2.77. The van der Waals surface area contributed by atoms with Crippen LogP contribution < -0.4 is 20.9 Å². The Morgan fingerprint density at radius 2 is 2.04 bits per heavy atom. The lowest BCUT2D eigenvalue weighted by Crippen LogP contribution is -2.21. The Hall–Kier alpha value is -3.13. The molecular weight excluding hydrogens is 290 g/mol. The molecule has 2 aromatic rings. The van der Waals surface area contributed by atoms with Gasteiger partial charge in [0.05, 0.1) is 12.5 Å². The predicted molar refractivity (Wildman–Crippen MR) is 87.8 cm³/mol. The van der Waals surface area contributed by atoms with Gasteiger partial charge in [-0.1, -0.05) is 18.2 Å². The maximum Gasteiger partial charge on any atom is 0.205 e. The van der Waals surface area contributed by atoms with E-state index in [2.05, 4.69) is 6.07 Å². The highest BCUT2D eigenvalue weighted by Gasteiger charge is 2.30. The third-order valence-corrected chi connectivity index (χ3v) is 3.75. The van der Waals surface area contributed by atoms with Crippen LogP contribution in [0.1, 0.15) is 24.0 Å². The summed E-state index contributed by atoms with van der Waals surface area (Å²) in [7, 11) is 0. The van der Waals surface area contributed by atoms with Crippen LogP contribution in [0.5, 0.6) is 11.5 Å². The van der Waals surface area contributed by atoms with Crippen molar-refractivity contribution >= 4 is 5.69 Å². The number of nitrogen functional groups attached to an aromatic ring is 1. The average Bonchev–Trinajstić information content (AvgIpc) is 2.54. The number of nitriles is 1. The summed E-state index contributed by atoms with van der Waals surface area (Å²) in [5.74, 6) is 1.14. The van der Waals surface area contributed by atoms with E-state index < -0.39 is 0 Å². The molecule has 116 valence electrons. The number of hydrogen-bond donors (Lipinski definition) is 2. The average molecular weight is 307 g/mol. The summed E-state index contributed by atoms with van der Waals surface area (Å²) >= 11 is 0. The fraction of sp³-hybridized carbons (Fsp3) is 0.167. The first-order valence-electron chi connectivity index (χ1n) is 7.33. The Balaban J connectivity index is 2.16. The monoisotopic (exact) mass is 307 g/mol. The number of benzene rings is 2. The van der Waals surface area contributed by atoms with E-state index in [9.17, 15) is 5.26 Å². The van der Waals surface area contributed by atoms with Gasteiger partial charge in [0.2, 0.25) is 5.88 Å². The zero-order valence-electron chi connectivity index (χ0n) is 12.7. The van der Waals surface area contributed by atoms with Gasteiger partial charge >= 0.3 is 0 Å². The van der Waals surface area contributed by atoms with Crippen molar-refractivity contribution in [1.82, 2.24) is 0 Å². The molecule has 0 aliphatic carbocycles. The molecule has 1 aliphatic rings. The highest BCUT2D eigenvalue weighted by Crippen LogP contribution is 2.43. The van der Waals surface area contributed by atoms with E-state index >= 15 is 0 Å². The molecule has 0 bridgehead atoms. The number of fused-ring (bicyclic) bond motifs is 1. The molecule has 0 amide bonds. The summed E-state index contributed by atoms with van der Waals surface area (Å²) < 4.78 is 11.1. The van der Waals surface area contributed by atoms with Crippen molar-refractivity contribution < 1.29 is 9.47 Å². The summed E-state index contributed by atoms with van der Waals surface area (Å²) in [5, 5.41) is 9.52. The Bertz CT molecular complexity index is 821. The maximum absolute atomic E-state index is 9.52. The lowest BCUT2D eigenvalue weighted by Gasteiger charge is -2.26. The van der Waals surface area contributed by atoms with Crippen LogP contribution in [0.25, 0.3) is 0 Å². The number of ether oxygens (including phenoxy) is 2. The first-order valence-corrected chi connectivity index (χ1v) is 7.33. The van der Waals surface area contributed by atoms with E-state index in [1.54, 1.807) is 12.1 Å². The molecule has 1 unspecified atom stereocenters. The molecule has 0 spiro atoms. The van der Waals surface area contributed by atoms with E-state index in [1.165, 1.54) is 0 Å². The first-order chi connectivity index (χ1) is 11.1. The summed E-state index contributed by atoms with van der Waals surface area (Å²) in [6.45, 7) is 2.51. The SMILES string of the molecule is CCOc1cccc(C2C(C#N)=C(N)Oc3cc(N)ccc32)c1. The van der Waals surface area contributed by atoms with Crippen LogP contribution >= 0.6 is 0 Å². The summed E-state index contributed by atoms with van der Waals surface area (Å²) in [6, 6.07) is 15.2. The van der Waals surface area contributed by atoms with Crippen LogP contribution in [0.15, 0.2) is 53.9 Å². The van der Waals surface area contributed by atoms with Crippen LogP contribution in [0.3, 0.4) is 0 Å². The summed E-state index contributed by atoms with van der Waals surface area (Å²) in [5.41, 5.74) is 14.5. The molecule has 23 heavy (non-hydrogen) atoms. The Kier molecular flexibility index (Phi) is 3.82. The molecule has 1 atom stereocenters. The highest BCUT2D eigenvalue weighted by atomic mass is 16.5. The molecule has 0 radical (unpaired) electrons. The molecule has 4 N–H and O–H groups in total. The van der Waals surface area contributed by atoms with Crippen LogP contribution in [-0.2, 0) is 0 Å². The molecule has 0 fully saturated rings. The van der Waals surface area contributed by atoms with Gasteiger partial charge in [-0.25, -0.2) is 0 Å². The van der Waals surface area contributed by atoms with E-state index in [4.69, 9.17) is 20.9 Å². The summed E-state index contributed by atoms with van der Waals surface area (Å²) in [4.78, 5) is 0. The quantitative estimate of drug-likeness (QED) is 0.850. The van der Waals surface area contributed by atoms with Gasteiger partial charge in [-0.2, -0.15) is 5.26 Å². The third kappa shape index (κ3) is 2.67. The highest BCUT2D eigenvalue weighted by molar-refractivity contribution is 5.59. The third-order valence-electron chi connectivity index (χ3n) is 3.75. The number of allylic oxidation sites excluding steroid dienone is 1. The minimum Gasteiger partial charge on any atom is -0.494 e. The molecule has 5 nitrogen and oxygen atoms in total. The Morgan fingerprint density at radius 3 is 2.78 bits per heavy atom. The number of hydrogen-bond acceptors (Lipinski definition) is 5. The van der Waals surface area contributed by atoms with Crippen molar-refractivity contribution in [3.8, 4) is 17.6 Å². The number of nitrogens with zero attached hydrogens (tertiary/aromatic N) is 1. The Labute approximate surface area is 134 Å². The van der Waals surface area contributed by atoms with Gasteiger partial charge in [-0.05, 0) is 30.7 Å².